The molecule has 1 unspecified atom stereocenters. The minimum absolute atomic E-state index is 0.290. The second-order valence-electron chi connectivity index (χ2n) is 7.61. The van der Waals surface area contributed by atoms with E-state index < -0.39 is 0 Å². The summed E-state index contributed by atoms with van der Waals surface area (Å²) < 4.78 is 1.29. The van der Waals surface area contributed by atoms with E-state index in [1.165, 1.54) is 22.9 Å². The summed E-state index contributed by atoms with van der Waals surface area (Å²) in [5, 5.41) is 14.2. The third-order valence-electron chi connectivity index (χ3n) is 5.27. The van der Waals surface area contributed by atoms with Gasteiger partial charge in [-0.3, -0.25) is 0 Å². The molecule has 3 rings (SSSR count). The van der Waals surface area contributed by atoms with Gasteiger partial charge in [0.15, 0.2) is 0 Å². The van der Waals surface area contributed by atoms with E-state index in [0.29, 0.717) is 11.3 Å². The summed E-state index contributed by atoms with van der Waals surface area (Å²) in [6, 6.07) is 8.43. The smallest absolute Gasteiger partial charge is 0.0832 e. The molecule has 2 heteroatoms. The Bertz CT molecular complexity index is 599. The van der Waals surface area contributed by atoms with Crippen molar-refractivity contribution in [2.75, 3.05) is 0 Å². The zero-order valence-electron chi connectivity index (χ0n) is 13.3. The van der Waals surface area contributed by atoms with Crippen molar-refractivity contribution in [3.05, 3.63) is 35.2 Å². The summed E-state index contributed by atoms with van der Waals surface area (Å²) in [5.74, 6) is 1.24. The Balaban J connectivity index is 1.74. The van der Waals surface area contributed by atoms with Crippen LogP contribution in [-0.4, -0.2) is 5.11 Å². The molecule has 0 amide bonds. The first-order valence-electron chi connectivity index (χ1n) is 8.11. The fourth-order valence-corrected chi connectivity index (χ4v) is 4.77. The lowest BCUT2D eigenvalue weighted by Crippen LogP contribution is -2.28. The first-order chi connectivity index (χ1) is 9.97. The SMILES string of the molecule is CC(C)(C)C1CCC(C(O)c2csc3ccccc23)CC1. The van der Waals surface area contributed by atoms with E-state index >= 15 is 0 Å². The molecule has 2 aromatic rings. The second kappa shape index (κ2) is 5.73. The number of aliphatic hydroxyl groups is 1. The van der Waals surface area contributed by atoms with Crippen molar-refractivity contribution < 1.29 is 5.11 Å². The van der Waals surface area contributed by atoms with Crippen LogP contribution in [0.3, 0.4) is 0 Å². The quantitative estimate of drug-likeness (QED) is 0.744. The van der Waals surface area contributed by atoms with E-state index in [1.54, 1.807) is 11.3 Å². The number of hydrogen-bond donors (Lipinski definition) is 1. The van der Waals surface area contributed by atoms with Crippen LogP contribution in [0.15, 0.2) is 29.6 Å². The molecule has 0 radical (unpaired) electrons. The van der Waals surface area contributed by atoms with Gasteiger partial charge in [-0.1, -0.05) is 39.0 Å². The largest absolute Gasteiger partial charge is 0.388 e. The number of hydrogen-bond acceptors (Lipinski definition) is 2. The second-order valence-corrected chi connectivity index (χ2v) is 8.52. The highest BCUT2D eigenvalue weighted by Crippen LogP contribution is 2.44. The van der Waals surface area contributed by atoms with Gasteiger partial charge in [-0.15, -0.1) is 11.3 Å². The maximum Gasteiger partial charge on any atom is 0.0832 e. The third kappa shape index (κ3) is 3.02. The molecule has 0 saturated heterocycles. The molecule has 1 N–H and O–H groups in total. The van der Waals surface area contributed by atoms with Gasteiger partial charge in [0, 0.05) is 4.70 Å². The lowest BCUT2D eigenvalue weighted by Gasteiger charge is -2.38. The predicted octanol–water partition coefficient (Wildman–Crippen LogP) is 5.79. The van der Waals surface area contributed by atoms with Crippen LogP contribution in [-0.2, 0) is 0 Å². The fourth-order valence-electron chi connectivity index (χ4n) is 3.78. The summed E-state index contributed by atoms with van der Waals surface area (Å²) in [5.41, 5.74) is 1.56. The molecule has 114 valence electrons. The summed E-state index contributed by atoms with van der Waals surface area (Å²) in [6.07, 6.45) is 4.54. The molecule has 1 saturated carbocycles. The van der Waals surface area contributed by atoms with Crippen LogP contribution < -0.4 is 0 Å². The van der Waals surface area contributed by atoms with Crippen molar-refractivity contribution in [3.63, 3.8) is 0 Å². The van der Waals surface area contributed by atoms with Gasteiger partial charge in [0.1, 0.15) is 0 Å². The van der Waals surface area contributed by atoms with Gasteiger partial charge >= 0.3 is 0 Å². The van der Waals surface area contributed by atoms with Gasteiger partial charge in [-0.05, 0) is 65.3 Å². The third-order valence-corrected chi connectivity index (χ3v) is 6.25. The van der Waals surface area contributed by atoms with Crippen molar-refractivity contribution in [1.29, 1.82) is 0 Å². The van der Waals surface area contributed by atoms with Crippen LogP contribution in [0.2, 0.25) is 0 Å². The summed E-state index contributed by atoms with van der Waals surface area (Å²) >= 11 is 1.75. The summed E-state index contributed by atoms with van der Waals surface area (Å²) in [4.78, 5) is 0. The van der Waals surface area contributed by atoms with E-state index in [9.17, 15) is 5.11 Å². The molecule has 1 heterocycles. The number of thiophene rings is 1. The molecule has 0 aliphatic heterocycles. The maximum atomic E-state index is 10.8. The highest BCUT2D eigenvalue weighted by molar-refractivity contribution is 7.17. The Labute approximate surface area is 132 Å². The highest BCUT2D eigenvalue weighted by atomic mass is 32.1. The normalized spacial score (nSPS) is 25.1. The Hall–Kier alpha value is -0.860. The molecule has 1 aliphatic carbocycles. The number of rotatable bonds is 2. The Kier molecular flexibility index (Phi) is 4.11. The molecule has 1 aliphatic rings. The molecular weight excluding hydrogens is 276 g/mol. The minimum atomic E-state index is -0.290. The minimum Gasteiger partial charge on any atom is -0.388 e. The molecule has 0 spiro atoms. The Morgan fingerprint density at radius 3 is 2.43 bits per heavy atom. The van der Waals surface area contributed by atoms with Crippen LogP contribution in [0.1, 0.15) is 58.1 Å². The average Bonchev–Trinajstić information content (AvgIpc) is 2.90. The van der Waals surface area contributed by atoms with Gasteiger partial charge < -0.3 is 5.11 Å². The molecule has 1 nitrogen and oxygen atoms in total. The lowest BCUT2D eigenvalue weighted by atomic mass is 9.68. The molecule has 1 aromatic carbocycles. The van der Waals surface area contributed by atoms with E-state index in [-0.39, 0.29) is 6.10 Å². The number of benzene rings is 1. The van der Waals surface area contributed by atoms with E-state index in [4.69, 9.17) is 0 Å². The van der Waals surface area contributed by atoms with E-state index in [2.05, 4.69) is 50.4 Å². The molecule has 1 fully saturated rings. The van der Waals surface area contributed by atoms with Crippen LogP contribution in [0.4, 0.5) is 0 Å². The molecule has 1 aromatic heterocycles. The molecule has 1 atom stereocenters. The zero-order valence-corrected chi connectivity index (χ0v) is 14.1. The summed E-state index contributed by atoms with van der Waals surface area (Å²) in [6.45, 7) is 7.04. The summed E-state index contributed by atoms with van der Waals surface area (Å²) in [7, 11) is 0. The van der Waals surface area contributed by atoms with Gasteiger partial charge in [0.05, 0.1) is 6.10 Å². The molecular formula is C19H26OS. The van der Waals surface area contributed by atoms with Gasteiger partial charge in [0.2, 0.25) is 0 Å². The monoisotopic (exact) mass is 302 g/mol. The molecule has 21 heavy (non-hydrogen) atoms. The Morgan fingerprint density at radius 1 is 1.10 bits per heavy atom. The topological polar surface area (TPSA) is 20.2 Å². The van der Waals surface area contributed by atoms with E-state index in [0.717, 1.165) is 24.3 Å². The lowest BCUT2D eigenvalue weighted by molar-refractivity contribution is 0.0539. The van der Waals surface area contributed by atoms with Crippen molar-refractivity contribution in [2.45, 2.75) is 52.6 Å². The maximum absolute atomic E-state index is 10.8. The van der Waals surface area contributed by atoms with Crippen LogP contribution in [0.25, 0.3) is 10.1 Å². The van der Waals surface area contributed by atoms with Crippen molar-refractivity contribution in [2.24, 2.45) is 17.3 Å². The first kappa shape index (κ1) is 15.1. The zero-order chi connectivity index (χ0) is 15.0. The fraction of sp³-hybridized carbons (Fsp3) is 0.579. The van der Waals surface area contributed by atoms with Crippen LogP contribution >= 0.6 is 11.3 Å². The number of aliphatic hydroxyl groups excluding tert-OH is 1. The highest BCUT2D eigenvalue weighted by Gasteiger charge is 2.33. The average molecular weight is 302 g/mol. The van der Waals surface area contributed by atoms with Crippen molar-refractivity contribution in [3.8, 4) is 0 Å². The number of fused-ring (bicyclic) bond motifs is 1. The standard InChI is InChI=1S/C19H26OS/c1-19(2,3)14-10-8-13(9-11-14)18(20)16-12-21-17-7-5-4-6-15(16)17/h4-7,12-14,18,20H,8-11H2,1-3H3. The Morgan fingerprint density at radius 2 is 1.76 bits per heavy atom. The van der Waals surface area contributed by atoms with Crippen LogP contribution in [0, 0.1) is 17.3 Å². The van der Waals surface area contributed by atoms with Gasteiger partial charge in [-0.25, -0.2) is 0 Å². The van der Waals surface area contributed by atoms with Gasteiger partial charge in [-0.2, -0.15) is 0 Å². The first-order valence-corrected chi connectivity index (χ1v) is 8.99. The van der Waals surface area contributed by atoms with Gasteiger partial charge in [0.25, 0.3) is 0 Å². The predicted molar refractivity (Wildman–Crippen MR) is 91.7 cm³/mol. The van der Waals surface area contributed by atoms with E-state index in [1.807, 2.05) is 0 Å². The van der Waals surface area contributed by atoms with Crippen molar-refractivity contribution in [1.82, 2.24) is 0 Å². The van der Waals surface area contributed by atoms with Crippen LogP contribution in [0.5, 0.6) is 0 Å². The molecule has 0 bridgehead atoms. The van der Waals surface area contributed by atoms with Crippen molar-refractivity contribution >= 4 is 21.4 Å².